The number of piperazine rings is 1. The van der Waals surface area contributed by atoms with E-state index in [1.54, 1.807) is 30.3 Å². The minimum Gasteiger partial charge on any atom is -0.368 e. The fraction of sp³-hybridized carbons (Fsp3) is 0.300. The van der Waals surface area contributed by atoms with Gasteiger partial charge in [-0.1, -0.05) is 36.4 Å². The SMILES string of the molecule is CN1CCN(S(=O)(=O)c2cccc(C(=O)NC(C(N)=O)c3ccccc3)c2)CC1. The number of hydrogen-bond acceptors (Lipinski definition) is 5. The quantitative estimate of drug-likeness (QED) is 0.715. The van der Waals surface area contributed by atoms with Crippen LogP contribution < -0.4 is 11.1 Å². The van der Waals surface area contributed by atoms with Gasteiger partial charge in [0.25, 0.3) is 5.91 Å². The van der Waals surface area contributed by atoms with Crippen molar-refractivity contribution in [2.24, 2.45) is 5.73 Å². The third-order valence-corrected chi connectivity index (χ3v) is 6.78. The lowest BCUT2D eigenvalue weighted by Gasteiger charge is -2.31. The Morgan fingerprint density at radius 1 is 1.00 bits per heavy atom. The van der Waals surface area contributed by atoms with Gasteiger partial charge in [-0.3, -0.25) is 9.59 Å². The number of likely N-dealkylation sites (N-methyl/N-ethyl adjacent to an activating group) is 1. The van der Waals surface area contributed by atoms with E-state index in [4.69, 9.17) is 5.73 Å². The highest BCUT2D eigenvalue weighted by Crippen LogP contribution is 2.20. The average Bonchev–Trinajstić information content (AvgIpc) is 2.72. The van der Waals surface area contributed by atoms with E-state index >= 15 is 0 Å². The van der Waals surface area contributed by atoms with Crippen molar-refractivity contribution < 1.29 is 18.0 Å². The van der Waals surface area contributed by atoms with Crippen LogP contribution in [-0.4, -0.2) is 62.7 Å². The lowest BCUT2D eigenvalue weighted by atomic mass is 10.1. The predicted molar refractivity (Wildman–Crippen MR) is 109 cm³/mol. The van der Waals surface area contributed by atoms with E-state index < -0.39 is 27.9 Å². The molecular weight excluding hydrogens is 392 g/mol. The highest BCUT2D eigenvalue weighted by Gasteiger charge is 2.28. The van der Waals surface area contributed by atoms with Crippen LogP contribution >= 0.6 is 0 Å². The summed E-state index contributed by atoms with van der Waals surface area (Å²) in [5, 5.41) is 2.58. The zero-order chi connectivity index (χ0) is 21.0. The van der Waals surface area contributed by atoms with Crippen LogP contribution in [0, 0.1) is 0 Å². The van der Waals surface area contributed by atoms with Gasteiger partial charge < -0.3 is 16.0 Å². The maximum absolute atomic E-state index is 12.9. The van der Waals surface area contributed by atoms with Crippen LogP contribution in [0.1, 0.15) is 22.0 Å². The summed E-state index contributed by atoms with van der Waals surface area (Å²) >= 11 is 0. The van der Waals surface area contributed by atoms with Crippen LogP contribution in [0.4, 0.5) is 0 Å². The number of rotatable bonds is 6. The standard InChI is InChI=1S/C20H24N4O4S/c1-23-10-12-24(13-11-23)29(27,28)17-9-5-8-16(14-17)20(26)22-18(19(21)25)15-6-3-2-4-7-15/h2-9,14,18H,10-13H2,1H3,(H2,21,25)(H,22,26). The molecule has 2 aromatic carbocycles. The molecule has 154 valence electrons. The Balaban J connectivity index is 1.81. The lowest BCUT2D eigenvalue weighted by molar-refractivity contribution is -0.120. The van der Waals surface area contributed by atoms with Gasteiger partial charge in [0.1, 0.15) is 6.04 Å². The molecule has 9 heteroatoms. The largest absolute Gasteiger partial charge is 0.368 e. The third-order valence-electron chi connectivity index (χ3n) is 4.89. The van der Waals surface area contributed by atoms with Crippen LogP contribution in [0.15, 0.2) is 59.5 Å². The molecule has 2 amide bonds. The molecule has 0 aromatic heterocycles. The molecule has 0 saturated carbocycles. The number of nitrogens with one attached hydrogen (secondary N) is 1. The minimum atomic E-state index is -3.70. The zero-order valence-electron chi connectivity index (χ0n) is 16.1. The Morgan fingerprint density at radius 3 is 2.28 bits per heavy atom. The molecule has 0 bridgehead atoms. The van der Waals surface area contributed by atoms with Crippen LogP contribution in [0.25, 0.3) is 0 Å². The molecule has 1 aliphatic heterocycles. The number of carbonyl (C=O) groups is 2. The lowest BCUT2D eigenvalue weighted by Crippen LogP contribution is -2.47. The van der Waals surface area contributed by atoms with Gasteiger partial charge in [0.2, 0.25) is 15.9 Å². The molecule has 0 spiro atoms. The molecule has 3 rings (SSSR count). The Labute approximate surface area is 170 Å². The van der Waals surface area contributed by atoms with Gasteiger partial charge in [-0.15, -0.1) is 0 Å². The molecule has 1 atom stereocenters. The van der Waals surface area contributed by atoms with Gasteiger partial charge in [0, 0.05) is 31.7 Å². The topological polar surface area (TPSA) is 113 Å². The molecule has 0 radical (unpaired) electrons. The average molecular weight is 417 g/mol. The first-order chi connectivity index (χ1) is 13.8. The number of hydrogen-bond donors (Lipinski definition) is 2. The van der Waals surface area contributed by atoms with Gasteiger partial charge in [-0.2, -0.15) is 4.31 Å². The zero-order valence-corrected chi connectivity index (χ0v) is 16.9. The van der Waals surface area contributed by atoms with Gasteiger partial charge in [0.15, 0.2) is 0 Å². The van der Waals surface area contributed by atoms with Crippen molar-refractivity contribution >= 4 is 21.8 Å². The highest BCUT2D eigenvalue weighted by atomic mass is 32.2. The van der Waals surface area contributed by atoms with E-state index in [0.29, 0.717) is 31.7 Å². The molecule has 2 aromatic rings. The van der Waals surface area contributed by atoms with E-state index in [9.17, 15) is 18.0 Å². The molecule has 8 nitrogen and oxygen atoms in total. The number of nitrogens with two attached hydrogens (primary N) is 1. The van der Waals surface area contributed by atoms with E-state index in [-0.39, 0.29) is 10.5 Å². The number of benzene rings is 2. The van der Waals surface area contributed by atoms with Gasteiger partial charge in [-0.05, 0) is 30.8 Å². The van der Waals surface area contributed by atoms with Crippen molar-refractivity contribution in [3.8, 4) is 0 Å². The van der Waals surface area contributed by atoms with Gasteiger partial charge in [-0.25, -0.2) is 8.42 Å². The second-order valence-corrected chi connectivity index (χ2v) is 8.89. The van der Waals surface area contributed by atoms with Crippen molar-refractivity contribution in [3.63, 3.8) is 0 Å². The normalized spacial score (nSPS) is 16.9. The predicted octanol–water partition coefficient (Wildman–Crippen LogP) is 0.579. The molecule has 1 unspecified atom stereocenters. The van der Waals surface area contributed by atoms with Crippen molar-refractivity contribution in [2.75, 3.05) is 33.2 Å². The smallest absolute Gasteiger partial charge is 0.252 e. The third kappa shape index (κ3) is 4.81. The minimum absolute atomic E-state index is 0.0463. The summed E-state index contributed by atoms with van der Waals surface area (Å²) in [6.07, 6.45) is 0. The monoisotopic (exact) mass is 416 g/mol. The van der Waals surface area contributed by atoms with Crippen LogP contribution in [0.5, 0.6) is 0 Å². The Morgan fingerprint density at radius 2 is 1.66 bits per heavy atom. The summed E-state index contributed by atoms with van der Waals surface area (Å²) in [5.74, 6) is -1.28. The first kappa shape index (κ1) is 21.0. The van der Waals surface area contributed by atoms with Gasteiger partial charge in [0.05, 0.1) is 4.90 Å². The highest BCUT2D eigenvalue weighted by molar-refractivity contribution is 7.89. The summed E-state index contributed by atoms with van der Waals surface area (Å²) in [7, 11) is -1.76. The number of carbonyl (C=O) groups excluding carboxylic acids is 2. The van der Waals surface area contributed by atoms with E-state index in [2.05, 4.69) is 10.2 Å². The van der Waals surface area contributed by atoms with Crippen molar-refractivity contribution in [3.05, 3.63) is 65.7 Å². The molecule has 0 aliphatic carbocycles. The van der Waals surface area contributed by atoms with E-state index in [0.717, 1.165) is 0 Å². The number of primary amides is 1. The van der Waals surface area contributed by atoms with Crippen LogP contribution in [0.2, 0.25) is 0 Å². The number of nitrogens with zero attached hydrogens (tertiary/aromatic N) is 2. The van der Waals surface area contributed by atoms with Gasteiger partial charge >= 0.3 is 0 Å². The molecule has 1 saturated heterocycles. The Kier molecular flexibility index (Phi) is 6.31. The maximum atomic E-state index is 12.9. The second kappa shape index (κ2) is 8.73. The first-order valence-corrected chi connectivity index (χ1v) is 10.7. The first-order valence-electron chi connectivity index (χ1n) is 9.23. The van der Waals surface area contributed by atoms with Crippen molar-refractivity contribution in [2.45, 2.75) is 10.9 Å². The number of amides is 2. The molecule has 1 fully saturated rings. The van der Waals surface area contributed by atoms with Crippen molar-refractivity contribution in [1.82, 2.24) is 14.5 Å². The summed E-state index contributed by atoms with van der Waals surface area (Å²) in [4.78, 5) is 26.6. The van der Waals surface area contributed by atoms with E-state index in [1.165, 1.54) is 28.6 Å². The number of sulfonamides is 1. The van der Waals surface area contributed by atoms with E-state index in [1.807, 2.05) is 7.05 Å². The van der Waals surface area contributed by atoms with Crippen LogP contribution in [-0.2, 0) is 14.8 Å². The van der Waals surface area contributed by atoms with Crippen molar-refractivity contribution in [1.29, 1.82) is 0 Å². The summed E-state index contributed by atoms with van der Waals surface area (Å²) in [6.45, 7) is 2.09. The fourth-order valence-electron chi connectivity index (χ4n) is 3.15. The second-order valence-electron chi connectivity index (χ2n) is 6.95. The summed E-state index contributed by atoms with van der Waals surface area (Å²) in [5.41, 5.74) is 6.13. The maximum Gasteiger partial charge on any atom is 0.252 e. The molecule has 3 N–H and O–H groups in total. The van der Waals surface area contributed by atoms with Crippen LogP contribution in [0.3, 0.4) is 0 Å². The molecular formula is C20H24N4O4S. The summed E-state index contributed by atoms with van der Waals surface area (Å²) in [6, 6.07) is 13.4. The molecule has 29 heavy (non-hydrogen) atoms. The Bertz CT molecular complexity index is 987. The fourth-order valence-corrected chi connectivity index (χ4v) is 4.62. The molecule has 1 heterocycles. The Hall–Kier alpha value is -2.75. The summed E-state index contributed by atoms with van der Waals surface area (Å²) < 4.78 is 27.3. The molecule has 1 aliphatic rings.